The van der Waals surface area contributed by atoms with Crippen LogP contribution in [-0.2, 0) is 24.0 Å². The Kier molecular flexibility index (Phi) is 12.7. The van der Waals surface area contributed by atoms with Crippen LogP contribution in [0.15, 0.2) is 89.8 Å². The molecule has 6 rings (SSSR count). The summed E-state index contributed by atoms with van der Waals surface area (Å²) in [5.41, 5.74) is 3.64. The number of unbranched alkanes of at least 4 members (excludes halogenated alkanes) is 2. The van der Waals surface area contributed by atoms with Gasteiger partial charge in [-0.15, -0.1) is 0 Å². The quantitative estimate of drug-likeness (QED) is 0.139. The lowest BCUT2D eigenvalue weighted by molar-refractivity contribution is 0.0732. The van der Waals surface area contributed by atoms with Crippen LogP contribution in [0, 0.1) is 6.92 Å². The first-order valence-electron chi connectivity index (χ1n) is 17.5. The fourth-order valence-corrected chi connectivity index (χ4v) is 7.40. The van der Waals surface area contributed by atoms with Crippen LogP contribution in [0.1, 0.15) is 95.0 Å². The van der Waals surface area contributed by atoms with E-state index in [0.717, 1.165) is 42.0 Å². The average Bonchev–Trinajstić information content (AvgIpc) is 3.46. The zero-order valence-electron chi connectivity index (χ0n) is 29.2. The molecule has 272 valence electrons. The SMILES string of the molecule is C.CCCCN(CCCC)C(=O)c1nn(-c2ccc(C(=O)NS(=O)c3ccc4ccccc4c3)cc2C(=O)N2CCc3ccccc3C2)c(C)c1Cl. The van der Waals surface area contributed by atoms with Gasteiger partial charge in [0, 0.05) is 31.7 Å². The van der Waals surface area contributed by atoms with Crippen LogP contribution in [0.2, 0.25) is 5.02 Å². The third-order valence-electron chi connectivity index (χ3n) is 9.35. The number of aromatic nitrogens is 2. The highest BCUT2D eigenvalue weighted by Crippen LogP contribution is 2.29. The first-order chi connectivity index (χ1) is 24.7. The van der Waals surface area contributed by atoms with Crippen molar-refractivity contribution in [3.63, 3.8) is 0 Å². The monoisotopic (exact) mass is 739 g/mol. The van der Waals surface area contributed by atoms with Gasteiger partial charge in [0.2, 0.25) is 0 Å². The maximum absolute atomic E-state index is 14.4. The Balaban J connectivity index is 0.00000523. The lowest BCUT2D eigenvalue weighted by atomic mass is 9.98. The maximum Gasteiger partial charge on any atom is 0.275 e. The molecular weight excluding hydrogens is 694 g/mol. The molecular formula is C41H46ClN5O4S. The molecule has 0 radical (unpaired) electrons. The molecule has 11 heteroatoms. The first-order valence-corrected chi connectivity index (χ1v) is 19.0. The second-order valence-electron chi connectivity index (χ2n) is 12.8. The first kappa shape index (κ1) is 38.4. The molecule has 9 nitrogen and oxygen atoms in total. The molecule has 1 unspecified atom stereocenters. The maximum atomic E-state index is 14.4. The summed E-state index contributed by atoms with van der Waals surface area (Å²) in [6, 6.07) is 25.8. The van der Waals surface area contributed by atoms with Gasteiger partial charge in [0.05, 0.1) is 26.9 Å². The number of fused-ring (bicyclic) bond motifs is 2. The Morgan fingerprint density at radius 2 is 1.56 bits per heavy atom. The largest absolute Gasteiger partial charge is 0.337 e. The summed E-state index contributed by atoms with van der Waals surface area (Å²) >= 11 is 6.82. The number of benzene rings is 4. The van der Waals surface area contributed by atoms with Crippen molar-refractivity contribution in [2.45, 2.75) is 71.7 Å². The summed E-state index contributed by atoms with van der Waals surface area (Å²) in [5.74, 6) is -1.15. The van der Waals surface area contributed by atoms with Crippen molar-refractivity contribution >= 4 is 51.1 Å². The third-order valence-corrected chi connectivity index (χ3v) is 10.9. The van der Waals surface area contributed by atoms with E-state index in [1.807, 2.05) is 48.5 Å². The number of carbonyl (C=O) groups is 3. The van der Waals surface area contributed by atoms with Crippen molar-refractivity contribution in [3.05, 3.63) is 124 Å². The van der Waals surface area contributed by atoms with E-state index in [1.165, 1.54) is 16.3 Å². The zero-order valence-corrected chi connectivity index (χ0v) is 30.7. The summed E-state index contributed by atoms with van der Waals surface area (Å²) in [7, 11) is -1.85. The van der Waals surface area contributed by atoms with Crippen molar-refractivity contribution in [3.8, 4) is 5.69 Å². The molecule has 1 aromatic heterocycles. The average molecular weight is 740 g/mol. The molecule has 1 N–H and O–H groups in total. The van der Waals surface area contributed by atoms with Gasteiger partial charge >= 0.3 is 0 Å². The summed E-state index contributed by atoms with van der Waals surface area (Å²) < 4.78 is 17.4. The molecule has 0 fully saturated rings. The minimum atomic E-state index is -1.85. The van der Waals surface area contributed by atoms with E-state index >= 15 is 0 Å². The van der Waals surface area contributed by atoms with E-state index in [4.69, 9.17) is 16.7 Å². The minimum absolute atomic E-state index is 0. The topological polar surface area (TPSA) is 105 Å². The molecule has 1 aliphatic heterocycles. The summed E-state index contributed by atoms with van der Waals surface area (Å²) in [6.07, 6.45) is 4.30. The highest BCUT2D eigenvalue weighted by Gasteiger charge is 2.29. The number of amides is 3. The number of nitrogens with zero attached hydrogens (tertiary/aromatic N) is 4. The smallest absolute Gasteiger partial charge is 0.275 e. The van der Waals surface area contributed by atoms with Crippen molar-refractivity contribution in [1.82, 2.24) is 24.3 Å². The van der Waals surface area contributed by atoms with E-state index in [2.05, 4.69) is 24.6 Å². The Labute approximate surface area is 313 Å². The minimum Gasteiger partial charge on any atom is -0.337 e. The molecule has 0 saturated carbocycles. The Morgan fingerprint density at radius 3 is 2.27 bits per heavy atom. The van der Waals surface area contributed by atoms with E-state index in [1.54, 1.807) is 41.0 Å². The molecule has 2 heterocycles. The van der Waals surface area contributed by atoms with Crippen LogP contribution in [0.5, 0.6) is 0 Å². The van der Waals surface area contributed by atoms with E-state index in [9.17, 15) is 18.6 Å². The number of hydrogen-bond acceptors (Lipinski definition) is 5. The number of rotatable bonds is 12. The summed E-state index contributed by atoms with van der Waals surface area (Å²) in [5, 5.41) is 6.82. The molecule has 52 heavy (non-hydrogen) atoms. The second kappa shape index (κ2) is 17.1. The molecule has 3 amide bonds. The number of nitrogens with one attached hydrogen (secondary N) is 1. The lowest BCUT2D eigenvalue weighted by Crippen LogP contribution is -2.37. The van der Waals surface area contributed by atoms with E-state index in [-0.39, 0.29) is 41.1 Å². The fraction of sp³-hybridized carbons (Fsp3) is 0.317. The summed E-state index contributed by atoms with van der Waals surface area (Å²) in [4.78, 5) is 45.8. The predicted octanol–water partition coefficient (Wildman–Crippen LogP) is 8.32. The van der Waals surface area contributed by atoms with Gasteiger partial charge < -0.3 is 9.80 Å². The summed E-state index contributed by atoms with van der Waals surface area (Å²) in [6.45, 7) is 8.02. The van der Waals surface area contributed by atoms with E-state index < -0.39 is 16.9 Å². The van der Waals surface area contributed by atoms with Gasteiger partial charge in [-0.2, -0.15) is 5.10 Å². The van der Waals surface area contributed by atoms with Gasteiger partial charge in [-0.3, -0.25) is 19.1 Å². The van der Waals surface area contributed by atoms with Crippen LogP contribution in [-0.4, -0.2) is 61.1 Å². The fourth-order valence-electron chi connectivity index (χ4n) is 6.37. The van der Waals surface area contributed by atoms with Gasteiger partial charge in [0.25, 0.3) is 17.7 Å². The van der Waals surface area contributed by atoms with Crippen LogP contribution >= 0.6 is 11.6 Å². The number of carbonyl (C=O) groups excluding carboxylic acids is 3. The van der Waals surface area contributed by atoms with Gasteiger partial charge in [-0.05, 0) is 78.4 Å². The van der Waals surface area contributed by atoms with Crippen molar-refractivity contribution < 1.29 is 18.6 Å². The Morgan fingerprint density at radius 1 is 0.885 bits per heavy atom. The molecule has 0 aliphatic carbocycles. The second-order valence-corrected chi connectivity index (χ2v) is 14.4. The van der Waals surface area contributed by atoms with Crippen molar-refractivity contribution in [1.29, 1.82) is 0 Å². The van der Waals surface area contributed by atoms with Gasteiger partial charge in [0.15, 0.2) is 16.7 Å². The lowest BCUT2D eigenvalue weighted by Gasteiger charge is -2.29. The van der Waals surface area contributed by atoms with Crippen LogP contribution < -0.4 is 4.72 Å². The number of halogens is 1. The van der Waals surface area contributed by atoms with Gasteiger partial charge in [-0.1, -0.05) is 100 Å². The Bertz CT molecular complexity index is 2120. The Hall–Kier alpha value is -4.80. The highest BCUT2D eigenvalue weighted by atomic mass is 35.5. The molecule has 0 saturated heterocycles. The molecule has 5 aromatic rings. The number of hydrogen-bond donors (Lipinski definition) is 1. The third kappa shape index (κ3) is 8.13. The molecule has 0 spiro atoms. The molecule has 0 bridgehead atoms. The molecule has 4 aromatic carbocycles. The zero-order chi connectivity index (χ0) is 36.1. The molecule has 1 atom stereocenters. The van der Waals surface area contributed by atoms with E-state index in [0.29, 0.717) is 48.9 Å². The van der Waals surface area contributed by atoms with Gasteiger partial charge in [-0.25, -0.2) is 8.89 Å². The normalized spacial score (nSPS) is 12.9. The van der Waals surface area contributed by atoms with Gasteiger partial charge in [0.1, 0.15) is 0 Å². The van der Waals surface area contributed by atoms with Crippen LogP contribution in [0.3, 0.4) is 0 Å². The molecule has 1 aliphatic rings. The standard InChI is InChI=1S/C40H42ClN5O4S.CH4/c1-4-6-21-44(22-7-5-2)40(49)37-36(41)27(3)46(42-37)35-19-17-31(25-34(35)39(48)45-23-20-29-13-9-11-15-32(29)26-45)38(47)43-51(50)33-18-16-28-12-8-10-14-30(28)24-33;/h8-19,24-25H,4-7,20-23,26H2,1-3H3,(H,43,47);1H4. The van der Waals surface area contributed by atoms with Crippen molar-refractivity contribution in [2.75, 3.05) is 19.6 Å². The predicted molar refractivity (Wildman–Crippen MR) is 208 cm³/mol. The van der Waals surface area contributed by atoms with Crippen LogP contribution in [0.25, 0.3) is 16.5 Å². The van der Waals surface area contributed by atoms with Crippen molar-refractivity contribution in [2.24, 2.45) is 0 Å². The highest BCUT2D eigenvalue weighted by molar-refractivity contribution is 7.83. The van der Waals surface area contributed by atoms with Crippen LogP contribution in [0.4, 0.5) is 0 Å².